The number of rotatable bonds is 9. The van der Waals surface area contributed by atoms with E-state index in [-0.39, 0.29) is 16.6 Å². The van der Waals surface area contributed by atoms with Gasteiger partial charge < -0.3 is 14.8 Å². The summed E-state index contributed by atoms with van der Waals surface area (Å²) in [5, 5.41) is 2.88. The summed E-state index contributed by atoms with van der Waals surface area (Å²) in [5.41, 5.74) is 1.47. The number of benzene rings is 2. The van der Waals surface area contributed by atoms with Crippen LogP contribution in [0.2, 0.25) is 0 Å². The number of hydrogen-bond acceptors (Lipinski definition) is 5. The van der Waals surface area contributed by atoms with Crippen molar-refractivity contribution in [3.05, 3.63) is 53.6 Å². The number of hydrogen-bond donors (Lipinski definition) is 1. The first-order valence-corrected chi connectivity index (χ1v) is 12.5. The molecular formula is C24H32N2O5S. The predicted molar refractivity (Wildman–Crippen MR) is 124 cm³/mol. The zero-order valence-corrected chi connectivity index (χ0v) is 19.6. The van der Waals surface area contributed by atoms with Crippen LogP contribution in [0.3, 0.4) is 0 Å². The number of ether oxygens (including phenoxy) is 2. The van der Waals surface area contributed by atoms with Gasteiger partial charge in [-0.3, -0.25) is 4.79 Å². The van der Waals surface area contributed by atoms with Gasteiger partial charge in [0.1, 0.15) is 16.4 Å². The first-order chi connectivity index (χ1) is 15.5. The monoisotopic (exact) mass is 460 g/mol. The second kappa shape index (κ2) is 11.3. The molecule has 0 bridgehead atoms. The van der Waals surface area contributed by atoms with Gasteiger partial charge in [-0.1, -0.05) is 25.0 Å². The fourth-order valence-corrected chi connectivity index (χ4v) is 5.53. The fraction of sp³-hybridized carbons (Fsp3) is 0.458. The van der Waals surface area contributed by atoms with Crippen LogP contribution in [0.4, 0.5) is 0 Å². The van der Waals surface area contributed by atoms with Crippen LogP contribution in [-0.2, 0) is 16.4 Å². The van der Waals surface area contributed by atoms with Gasteiger partial charge in [0.25, 0.3) is 5.91 Å². The third-order valence-corrected chi connectivity index (χ3v) is 7.62. The SMILES string of the molecule is COc1ccc(CCCNC(=O)c2ccc(OC)c(S(=O)(=O)N3CCCCCC3)c2)cc1. The molecule has 3 rings (SSSR count). The molecule has 1 saturated heterocycles. The lowest BCUT2D eigenvalue weighted by Gasteiger charge is -2.21. The number of nitrogens with one attached hydrogen (secondary N) is 1. The maximum absolute atomic E-state index is 13.3. The highest BCUT2D eigenvalue weighted by Gasteiger charge is 2.29. The Kier molecular flexibility index (Phi) is 8.53. The van der Waals surface area contributed by atoms with Gasteiger partial charge in [0.05, 0.1) is 14.2 Å². The molecule has 1 N–H and O–H groups in total. The molecule has 2 aromatic rings. The van der Waals surface area contributed by atoms with Crippen LogP contribution < -0.4 is 14.8 Å². The van der Waals surface area contributed by atoms with Gasteiger partial charge in [0.2, 0.25) is 10.0 Å². The van der Waals surface area contributed by atoms with Gasteiger partial charge in [-0.2, -0.15) is 4.31 Å². The van der Waals surface area contributed by atoms with Crippen molar-refractivity contribution in [2.45, 2.75) is 43.4 Å². The number of aryl methyl sites for hydroxylation is 1. The Labute approximate surface area is 190 Å². The van der Waals surface area contributed by atoms with Gasteiger partial charge in [-0.15, -0.1) is 0 Å². The molecule has 32 heavy (non-hydrogen) atoms. The van der Waals surface area contributed by atoms with E-state index in [2.05, 4.69) is 5.32 Å². The highest BCUT2D eigenvalue weighted by atomic mass is 32.2. The van der Waals surface area contributed by atoms with Crippen molar-refractivity contribution >= 4 is 15.9 Å². The van der Waals surface area contributed by atoms with Gasteiger partial charge in [0.15, 0.2) is 0 Å². The quantitative estimate of drug-likeness (QED) is 0.578. The minimum absolute atomic E-state index is 0.0489. The van der Waals surface area contributed by atoms with E-state index < -0.39 is 10.0 Å². The Morgan fingerprint density at radius 3 is 2.28 bits per heavy atom. The van der Waals surface area contributed by atoms with Crippen molar-refractivity contribution in [2.75, 3.05) is 33.9 Å². The molecule has 1 aliphatic rings. The Balaban J connectivity index is 1.64. The number of nitrogens with zero attached hydrogens (tertiary/aromatic N) is 1. The highest BCUT2D eigenvalue weighted by molar-refractivity contribution is 7.89. The van der Waals surface area contributed by atoms with E-state index in [0.29, 0.717) is 25.2 Å². The third kappa shape index (κ3) is 6.01. The largest absolute Gasteiger partial charge is 0.497 e. The summed E-state index contributed by atoms with van der Waals surface area (Å²) in [6, 6.07) is 12.4. The molecule has 1 aliphatic heterocycles. The first kappa shape index (κ1) is 24.1. The van der Waals surface area contributed by atoms with Gasteiger partial charge >= 0.3 is 0 Å². The number of carbonyl (C=O) groups is 1. The van der Waals surface area contributed by atoms with Crippen LogP contribution in [0.15, 0.2) is 47.4 Å². The number of sulfonamides is 1. The minimum atomic E-state index is -3.73. The highest BCUT2D eigenvalue weighted by Crippen LogP contribution is 2.29. The summed E-state index contributed by atoms with van der Waals surface area (Å²) in [6.45, 7) is 1.48. The molecule has 0 spiro atoms. The molecule has 1 amide bonds. The lowest BCUT2D eigenvalue weighted by atomic mass is 10.1. The van der Waals surface area contributed by atoms with E-state index >= 15 is 0 Å². The second-order valence-corrected chi connectivity index (χ2v) is 9.80. The molecule has 1 heterocycles. The summed E-state index contributed by atoms with van der Waals surface area (Å²) >= 11 is 0. The van der Waals surface area contributed by atoms with Crippen LogP contribution in [0.5, 0.6) is 11.5 Å². The maximum Gasteiger partial charge on any atom is 0.251 e. The average molecular weight is 461 g/mol. The second-order valence-electron chi connectivity index (χ2n) is 7.89. The van der Waals surface area contributed by atoms with Crippen LogP contribution in [0.1, 0.15) is 48.0 Å². The van der Waals surface area contributed by atoms with Crippen LogP contribution in [-0.4, -0.2) is 52.5 Å². The first-order valence-electron chi connectivity index (χ1n) is 11.0. The zero-order chi connectivity index (χ0) is 23.0. The molecule has 7 nitrogen and oxygen atoms in total. The summed E-state index contributed by atoms with van der Waals surface area (Å²) in [5.74, 6) is 0.771. The molecule has 0 unspecified atom stereocenters. The molecule has 0 radical (unpaired) electrons. The molecule has 0 aromatic heterocycles. The summed E-state index contributed by atoms with van der Waals surface area (Å²) in [4.78, 5) is 12.7. The van der Waals surface area contributed by atoms with Crippen LogP contribution >= 0.6 is 0 Å². The van der Waals surface area contributed by atoms with E-state index in [9.17, 15) is 13.2 Å². The smallest absolute Gasteiger partial charge is 0.251 e. The van der Waals surface area contributed by atoms with Crippen molar-refractivity contribution < 1.29 is 22.7 Å². The molecule has 0 aliphatic carbocycles. The Morgan fingerprint density at radius 2 is 1.66 bits per heavy atom. The number of methoxy groups -OCH3 is 2. The van der Waals surface area contributed by atoms with Gasteiger partial charge in [0, 0.05) is 25.2 Å². The summed E-state index contributed by atoms with van der Waals surface area (Å²) < 4.78 is 38.5. The van der Waals surface area contributed by atoms with E-state index in [1.54, 1.807) is 19.2 Å². The molecule has 2 aromatic carbocycles. The molecule has 8 heteroatoms. The van der Waals surface area contributed by atoms with Gasteiger partial charge in [-0.25, -0.2) is 8.42 Å². The Morgan fingerprint density at radius 1 is 0.969 bits per heavy atom. The average Bonchev–Trinajstić information content (AvgIpc) is 3.12. The summed E-state index contributed by atoms with van der Waals surface area (Å²) in [6.07, 6.45) is 5.34. The third-order valence-electron chi connectivity index (χ3n) is 5.70. The lowest BCUT2D eigenvalue weighted by molar-refractivity contribution is 0.0953. The van der Waals surface area contributed by atoms with Crippen molar-refractivity contribution in [1.29, 1.82) is 0 Å². The summed E-state index contributed by atoms with van der Waals surface area (Å²) in [7, 11) is -0.660. The topological polar surface area (TPSA) is 84.9 Å². The van der Waals surface area contributed by atoms with E-state index in [4.69, 9.17) is 9.47 Å². The standard InChI is InChI=1S/C24H32N2O5S/c1-30-21-12-9-19(10-13-21)8-7-15-25-24(27)20-11-14-22(31-2)23(18-20)32(28,29)26-16-5-3-4-6-17-26/h9-14,18H,3-8,15-17H2,1-2H3,(H,25,27). The Bertz CT molecular complexity index is 998. The number of amides is 1. The van der Waals surface area contributed by atoms with Crippen LogP contribution in [0.25, 0.3) is 0 Å². The molecule has 0 saturated carbocycles. The van der Waals surface area contributed by atoms with Gasteiger partial charge in [-0.05, 0) is 61.6 Å². The maximum atomic E-state index is 13.3. The lowest BCUT2D eigenvalue weighted by Crippen LogP contribution is -2.32. The Hall–Kier alpha value is -2.58. The van der Waals surface area contributed by atoms with Crippen molar-refractivity contribution in [3.8, 4) is 11.5 Å². The van der Waals surface area contributed by atoms with E-state index in [0.717, 1.165) is 49.8 Å². The van der Waals surface area contributed by atoms with Crippen LogP contribution in [0, 0.1) is 0 Å². The van der Waals surface area contributed by atoms with Crippen molar-refractivity contribution in [1.82, 2.24) is 9.62 Å². The molecule has 1 fully saturated rings. The van der Waals surface area contributed by atoms with E-state index in [1.807, 2.05) is 24.3 Å². The number of carbonyl (C=O) groups excluding carboxylic acids is 1. The fourth-order valence-electron chi connectivity index (χ4n) is 3.83. The molecular weight excluding hydrogens is 428 g/mol. The molecule has 174 valence electrons. The predicted octanol–water partition coefficient (Wildman–Crippen LogP) is 3.63. The van der Waals surface area contributed by atoms with E-state index in [1.165, 1.54) is 17.5 Å². The zero-order valence-electron chi connectivity index (χ0n) is 18.8. The van der Waals surface area contributed by atoms with Crippen molar-refractivity contribution in [3.63, 3.8) is 0 Å². The normalized spacial score (nSPS) is 15.1. The minimum Gasteiger partial charge on any atom is -0.497 e. The van der Waals surface area contributed by atoms with Crippen molar-refractivity contribution in [2.24, 2.45) is 0 Å². The molecule has 0 atom stereocenters.